The van der Waals surface area contributed by atoms with E-state index in [0.29, 0.717) is 22.7 Å². The fourth-order valence-electron chi connectivity index (χ4n) is 4.03. The van der Waals surface area contributed by atoms with E-state index in [0.717, 1.165) is 29.5 Å². The fourth-order valence-corrected chi connectivity index (χ4v) is 5.12. The summed E-state index contributed by atoms with van der Waals surface area (Å²) in [5.41, 5.74) is 1.41. The van der Waals surface area contributed by atoms with Crippen LogP contribution in [0.15, 0.2) is 71.7 Å². The van der Waals surface area contributed by atoms with Gasteiger partial charge in [-0.2, -0.15) is 13.2 Å². The first-order valence-electron chi connectivity index (χ1n) is 11.6. The van der Waals surface area contributed by atoms with Gasteiger partial charge >= 0.3 is 6.18 Å². The van der Waals surface area contributed by atoms with Crippen LogP contribution in [0.2, 0.25) is 0 Å². The third-order valence-electron chi connectivity index (χ3n) is 5.89. The highest BCUT2D eigenvalue weighted by atomic mass is 32.2. The minimum Gasteiger partial charge on any atom is -0.454 e. The number of amidine groups is 1. The summed E-state index contributed by atoms with van der Waals surface area (Å²) in [6.07, 6.45) is -4.65. The Morgan fingerprint density at radius 2 is 1.87 bits per heavy atom. The molecule has 0 aliphatic carbocycles. The molecule has 2 aliphatic heterocycles. The number of alkyl halides is 3. The third-order valence-corrected chi connectivity index (χ3v) is 7.08. The summed E-state index contributed by atoms with van der Waals surface area (Å²) in [7, 11) is 0. The molecule has 2 aliphatic rings. The Bertz CT molecular complexity index is 1430. The molecule has 3 aromatic carbocycles. The third kappa shape index (κ3) is 5.77. The first kappa shape index (κ1) is 25.7. The molecule has 1 unspecified atom stereocenters. The minimum absolute atomic E-state index is 0.0190. The molecule has 2 heterocycles. The summed E-state index contributed by atoms with van der Waals surface area (Å²) in [6.45, 7) is 2.08. The molecule has 0 aromatic heterocycles. The van der Waals surface area contributed by atoms with E-state index >= 15 is 0 Å². The average Bonchev–Trinajstić information content (AvgIpc) is 3.33. The maximum atomic E-state index is 13.3. The SMILES string of the molecule is Cc1cccc(NC(=O)C2CC(=O)N(Cc3ccc4c(c3)OCO4)C(=Nc3cccc(C(F)(F)F)c3)S2)c1. The minimum atomic E-state index is -4.55. The number of benzene rings is 3. The van der Waals surface area contributed by atoms with Gasteiger partial charge in [-0.05, 0) is 60.5 Å². The smallest absolute Gasteiger partial charge is 0.416 e. The molecule has 1 saturated heterocycles. The molecule has 0 bridgehead atoms. The molecule has 5 rings (SSSR count). The molecule has 38 heavy (non-hydrogen) atoms. The number of rotatable bonds is 5. The Morgan fingerprint density at radius 3 is 2.66 bits per heavy atom. The number of thioether (sulfide) groups is 1. The van der Waals surface area contributed by atoms with Gasteiger partial charge in [-0.3, -0.25) is 14.5 Å². The monoisotopic (exact) mass is 541 g/mol. The number of amides is 2. The predicted molar refractivity (Wildman–Crippen MR) is 137 cm³/mol. The van der Waals surface area contributed by atoms with Gasteiger partial charge in [0.1, 0.15) is 5.25 Å². The van der Waals surface area contributed by atoms with Gasteiger partial charge in [0.25, 0.3) is 0 Å². The van der Waals surface area contributed by atoms with Crippen LogP contribution in [-0.4, -0.2) is 33.9 Å². The number of carbonyl (C=O) groups is 2. The number of hydrogen-bond donors (Lipinski definition) is 1. The molecule has 7 nitrogen and oxygen atoms in total. The van der Waals surface area contributed by atoms with Crippen molar-refractivity contribution in [3.8, 4) is 11.5 Å². The van der Waals surface area contributed by atoms with Crippen molar-refractivity contribution >= 4 is 40.1 Å². The molecular formula is C27H22F3N3O4S. The first-order chi connectivity index (χ1) is 18.2. The lowest BCUT2D eigenvalue weighted by Crippen LogP contribution is -2.44. The zero-order valence-corrected chi connectivity index (χ0v) is 20.9. The zero-order chi connectivity index (χ0) is 26.9. The standard InChI is InChI=1S/C27H22F3N3O4S/c1-16-4-2-6-19(10-16)31-25(35)23-13-24(34)33(14-17-8-9-21-22(11-17)37-15-36-21)26(38-23)32-20-7-3-5-18(12-20)27(28,29)30/h2-12,23H,13-15H2,1H3,(H,31,35). The maximum absolute atomic E-state index is 13.3. The van der Waals surface area contributed by atoms with Gasteiger partial charge in [0, 0.05) is 12.1 Å². The molecule has 0 spiro atoms. The van der Waals surface area contributed by atoms with E-state index in [2.05, 4.69) is 10.3 Å². The van der Waals surface area contributed by atoms with Crippen LogP contribution in [0.3, 0.4) is 0 Å². The van der Waals surface area contributed by atoms with Gasteiger partial charge in [-0.25, -0.2) is 4.99 Å². The van der Waals surface area contributed by atoms with E-state index in [1.165, 1.54) is 17.0 Å². The van der Waals surface area contributed by atoms with Gasteiger partial charge < -0.3 is 14.8 Å². The lowest BCUT2D eigenvalue weighted by atomic mass is 10.1. The van der Waals surface area contributed by atoms with Crippen LogP contribution in [-0.2, 0) is 22.3 Å². The zero-order valence-electron chi connectivity index (χ0n) is 20.1. The number of fused-ring (bicyclic) bond motifs is 1. The summed E-state index contributed by atoms with van der Waals surface area (Å²) in [5, 5.41) is 2.12. The van der Waals surface area contributed by atoms with E-state index < -0.39 is 22.9 Å². The van der Waals surface area contributed by atoms with Crippen molar-refractivity contribution in [3.05, 3.63) is 83.4 Å². The number of halogens is 3. The molecule has 1 fully saturated rings. The van der Waals surface area contributed by atoms with Crippen molar-refractivity contribution in [2.45, 2.75) is 31.3 Å². The van der Waals surface area contributed by atoms with E-state index in [4.69, 9.17) is 9.47 Å². The molecule has 0 saturated carbocycles. The number of anilines is 1. The topological polar surface area (TPSA) is 80.2 Å². The Kier molecular flexibility index (Phi) is 7.02. The van der Waals surface area contributed by atoms with Gasteiger partial charge in [0.2, 0.25) is 18.6 Å². The lowest BCUT2D eigenvalue weighted by Gasteiger charge is -2.32. The number of hydrogen-bond acceptors (Lipinski definition) is 6. The number of carbonyl (C=O) groups excluding carboxylic acids is 2. The van der Waals surface area contributed by atoms with Crippen molar-refractivity contribution < 1.29 is 32.2 Å². The van der Waals surface area contributed by atoms with E-state index in [-0.39, 0.29) is 36.5 Å². The quantitative estimate of drug-likeness (QED) is 0.435. The van der Waals surface area contributed by atoms with E-state index in [1.807, 2.05) is 13.0 Å². The number of aryl methyl sites for hydroxylation is 1. The second-order valence-electron chi connectivity index (χ2n) is 8.78. The van der Waals surface area contributed by atoms with Gasteiger partial charge in [0.15, 0.2) is 16.7 Å². The highest BCUT2D eigenvalue weighted by Crippen LogP contribution is 2.36. The predicted octanol–water partition coefficient (Wildman–Crippen LogP) is 5.90. The van der Waals surface area contributed by atoms with Crippen LogP contribution in [0.1, 0.15) is 23.1 Å². The van der Waals surface area contributed by atoms with Gasteiger partial charge in [-0.1, -0.05) is 36.0 Å². The number of nitrogens with zero attached hydrogens (tertiary/aromatic N) is 2. The number of nitrogens with one attached hydrogen (secondary N) is 1. The molecule has 1 atom stereocenters. The van der Waals surface area contributed by atoms with Crippen LogP contribution >= 0.6 is 11.8 Å². The van der Waals surface area contributed by atoms with Gasteiger partial charge in [-0.15, -0.1) is 0 Å². The molecule has 3 aromatic rings. The average molecular weight is 542 g/mol. The summed E-state index contributed by atoms with van der Waals surface area (Å²) in [6, 6.07) is 17.0. The second-order valence-corrected chi connectivity index (χ2v) is 9.95. The number of ether oxygens (including phenoxy) is 2. The van der Waals surface area contributed by atoms with E-state index in [9.17, 15) is 22.8 Å². The van der Waals surface area contributed by atoms with Crippen LogP contribution in [0.25, 0.3) is 0 Å². The van der Waals surface area contributed by atoms with Gasteiger partial charge in [0.05, 0.1) is 17.8 Å². The highest BCUT2D eigenvalue weighted by Gasteiger charge is 2.36. The molecule has 196 valence electrons. The molecular weight excluding hydrogens is 519 g/mol. The Labute approximate surface area is 220 Å². The summed E-state index contributed by atoms with van der Waals surface area (Å²) >= 11 is 1.03. The molecule has 1 N–H and O–H groups in total. The van der Waals surface area contributed by atoms with Crippen LogP contribution in [0.5, 0.6) is 11.5 Å². The summed E-state index contributed by atoms with van der Waals surface area (Å²) in [4.78, 5) is 32.1. The maximum Gasteiger partial charge on any atom is 0.416 e. The summed E-state index contributed by atoms with van der Waals surface area (Å²) in [5.74, 6) is 0.343. The van der Waals surface area contributed by atoms with E-state index in [1.54, 1.807) is 36.4 Å². The van der Waals surface area contributed by atoms with Crippen LogP contribution < -0.4 is 14.8 Å². The molecule has 0 radical (unpaired) electrons. The second kappa shape index (κ2) is 10.4. The van der Waals surface area contributed by atoms with Crippen molar-refractivity contribution in [1.29, 1.82) is 0 Å². The van der Waals surface area contributed by atoms with Crippen molar-refractivity contribution in [2.24, 2.45) is 4.99 Å². The van der Waals surface area contributed by atoms with Crippen molar-refractivity contribution in [1.82, 2.24) is 4.90 Å². The van der Waals surface area contributed by atoms with Crippen LogP contribution in [0, 0.1) is 6.92 Å². The van der Waals surface area contributed by atoms with Crippen molar-refractivity contribution in [3.63, 3.8) is 0 Å². The molecule has 11 heteroatoms. The lowest BCUT2D eigenvalue weighted by molar-refractivity contribution is -0.137. The highest BCUT2D eigenvalue weighted by molar-refractivity contribution is 8.15. The summed E-state index contributed by atoms with van der Waals surface area (Å²) < 4.78 is 50.6. The first-order valence-corrected chi connectivity index (χ1v) is 12.5. The Morgan fingerprint density at radius 1 is 1.08 bits per heavy atom. The normalized spacial score (nSPS) is 18.1. The largest absolute Gasteiger partial charge is 0.454 e. The Balaban J connectivity index is 1.45. The van der Waals surface area contributed by atoms with Crippen molar-refractivity contribution in [2.75, 3.05) is 12.1 Å². The Hall–Kier alpha value is -3.99. The number of aliphatic imine (C=N–C) groups is 1. The van der Waals surface area contributed by atoms with Crippen LogP contribution in [0.4, 0.5) is 24.5 Å². The molecule has 2 amide bonds. The fraction of sp³-hybridized carbons (Fsp3) is 0.222.